The van der Waals surface area contributed by atoms with Gasteiger partial charge >= 0.3 is 0 Å². The highest BCUT2D eigenvalue weighted by Gasteiger charge is 2.32. The molecule has 1 heteroatoms. The zero-order valence-corrected chi connectivity index (χ0v) is 12.8. The van der Waals surface area contributed by atoms with E-state index in [1.165, 1.54) is 57.9 Å². The van der Waals surface area contributed by atoms with E-state index in [0.29, 0.717) is 0 Å². The second kappa shape index (κ2) is 6.93. The highest BCUT2D eigenvalue weighted by Crippen LogP contribution is 2.42. The van der Waals surface area contributed by atoms with Crippen molar-refractivity contribution in [3.63, 3.8) is 0 Å². The van der Waals surface area contributed by atoms with Crippen molar-refractivity contribution in [3.05, 3.63) is 0 Å². The lowest BCUT2D eigenvalue weighted by molar-refractivity contribution is 0.120. The van der Waals surface area contributed by atoms with E-state index in [-0.39, 0.29) is 0 Å². The van der Waals surface area contributed by atoms with Crippen molar-refractivity contribution in [2.45, 2.75) is 78.2 Å². The van der Waals surface area contributed by atoms with Crippen LogP contribution < -0.4 is 5.32 Å². The molecule has 2 aliphatic rings. The minimum Gasteiger partial charge on any atom is -0.314 e. The Morgan fingerprint density at radius 3 is 2.28 bits per heavy atom. The van der Waals surface area contributed by atoms with Gasteiger partial charge in [0.25, 0.3) is 0 Å². The van der Waals surface area contributed by atoms with Gasteiger partial charge in [0.2, 0.25) is 0 Å². The predicted octanol–water partition coefficient (Wildman–Crippen LogP) is 4.62. The standard InChI is InChI=1S/C17H33N/c1-4-8-18-17-7-5-6-15(12-17)16-10-13(2)9-14(3)11-16/h13-18H,4-12H2,1-3H3. The first-order valence-corrected chi connectivity index (χ1v) is 8.42. The molecule has 2 rings (SSSR count). The Kier molecular flexibility index (Phi) is 5.54. The molecule has 0 aromatic carbocycles. The zero-order chi connectivity index (χ0) is 13.0. The third-order valence-electron chi connectivity index (χ3n) is 5.28. The normalized spacial score (nSPS) is 41.8. The first kappa shape index (κ1) is 14.4. The van der Waals surface area contributed by atoms with Crippen LogP contribution in [0.5, 0.6) is 0 Å². The van der Waals surface area contributed by atoms with E-state index in [1.54, 1.807) is 0 Å². The second-order valence-corrected chi connectivity index (χ2v) is 7.26. The number of hydrogen-bond acceptors (Lipinski definition) is 1. The highest BCUT2D eigenvalue weighted by atomic mass is 14.9. The van der Waals surface area contributed by atoms with Crippen LogP contribution in [0, 0.1) is 23.7 Å². The van der Waals surface area contributed by atoms with Crippen LogP contribution in [0.2, 0.25) is 0 Å². The van der Waals surface area contributed by atoms with Gasteiger partial charge in [0.05, 0.1) is 0 Å². The molecule has 0 aromatic heterocycles. The van der Waals surface area contributed by atoms with Crippen LogP contribution in [0.3, 0.4) is 0 Å². The smallest absolute Gasteiger partial charge is 0.00698 e. The fraction of sp³-hybridized carbons (Fsp3) is 1.00. The number of rotatable bonds is 4. The molecule has 1 N–H and O–H groups in total. The molecule has 0 amide bonds. The van der Waals surface area contributed by atoms with Crippen molar-refractivity contribution < 1.29 is 0 Å². The molecule has 2 aliphatic carbocycles. The number of nitrogens with one attached hydrogen (secondary N) is 1. The fourth-order valence-corrected chi connectivity index (χ4v) is 4.58. The quantitative estimate of drug-likeness (QED) is 0.769. The summed E-state index contributed by atoms with van der Waals surface area (Å²) in [6, 6.07) is 0.830. The fourth-order valence-electron chi connectivity index (χ4n) is 4.58. The summed E-state index contributed by atoms with van der Waals surface area (Å²) in [6.45, 7) is 8.43. The van der Waals surface area contributed by atoms with Gasteiger partial charge in [-0.25, -0.2) is 0 Å². The molecule has 0 spiro atoms. The Hall–Kier alpha value is -0.0400. The predicted molar refractivity (Wildman–Crippen MR) is 79.7 cm³/mol. The van der Waals surface area contributed by atoms with Gasteiger partial charge in [0.1, 0.15) is 0 Å². The lowest BCUT2D eigenvalue weighted by Gasteiger charge is -2.40. The second-order valence-electron chi connectivity index (χ2n) is 7.26. The minimum atomic E-state index is 0.830. The summed E-state index contributed by atoms with van der Waals surface area (Å²) in [6.07, 6.45) is 11.6. The molecular weight excluding hydrogens is 218 g/mol. The maximum Gasteiger partial charge on any atom is 0.00698 e. The van der Waals surface area contributed by atoms with E-state index < -0.39 is 0 Å². The molecule has 1 nitrogen and oxygen atoms in total. The molecule has 2 fully saturated rings. The topological polar surface area (TPSA) is 12.0 Å². The van der Waals surface area contributed by atoms with Crippen molar-refractivity contribution in [2.24, 2.45) is 23.7 Å². The van der Waals surface area contributed by atoms with Gasteiger partial charge in [-0.2, -0.15) is 0 Å². The Morgan fingerprint density at radius 1 is 0.889 bits per heavy atom. The van der Waals surface area contributed by atoms with Gasteiger partial charge in [-0.3, -0.25) is 0 Å². The molecule has 0 aromatic rings. The number of hydrogen-bond donors (Lipinski definition) is 1. The average molecular weight is 251 g/mol. The van der Waals surface area contributed by atoms with Crippen LogP contribution in [0.4, 0.5) is 0 Å². The van der Waals surface area contributed by atoms with Gasteiger partial charge in [0, 0.05) is 6.04 Å². The van der Waals surface area contributed by atoms with Crippen LogP contribution in [-0.2, 0) is 0 Å². The highest BCUT2D eigenvalue weighted by molar-refractivity contribution is 4.86. The van der Waals surface area contributed by atoms with E-state index in [2.05, 4.69) is 26.1 Å². The molecular formula is C17H33N. The first-order valence-electron chi connectivity index (χ1n) is 8.42. The van der Waals surface area contributed by atoms with Crippen molar-refractivity contribution in [3.8, 4) is 0 Å². The van der Waals surface area contributed by atoms with Gasteiger partial charge < -0.3 is 5.32 Å². The Bertz CT molecular complexity index is 228. The third kappa shape index (κ3) is 3.98. The van der Waals surface area contributed by atoms with E-state index in [0.717, 1.165) is 29.7 Å². The zero-order valence-electron chi connectivity index (χ0n) is 12.8. The lowest BCUT2D eigenvalue weighted by atomic mass is 9.67. The molecule has 0 heterocycles. The molecule has 18 heavy (non-hydrogen) atoms. The summed E-state index contributed by atoms with van der Waals surface area (Å²) >= 11 is 0. The van der Waals surface area contributed by atoms with Crippen molar-refractivity contribution >= 4 is 0 Å². The van der Waals surface area contributed by atoms with Gasteiger partial charge in [0.15, 0.2) is 0 Å². The SMILES string of the molecule is CCCNC1CCCC(C2CC(C)CC(C)C2)C1. The summed E-state index contributed by atoms with van der Waals surface area (Å²) in [4.78, 5) is 0. The molecule has 4 atom stereocenters. The first-order chi connectivity index (χ1) is 8.69. The van der Waals surface area contributed by atoms with Crippen LogP contribution in [0.25, 0.3) is 0 Å². The summed E-state index contributed by atoms with van der Waals surface area (Å²) in [5.41, 5.74) is 0. The van der Waals surface area contributed by atoms with Crippen LogP contribution in [-0.4, -0.2) is 12.6 Å². The monoisotopic (exact) mass is 251 g/mol. The van der Waals surface area contributed by atoms with Gasteiger partial charge in [-0.15, -0.1) is 0 Å². The summed E-state index contributed by atoms with van der Waals surface area (Å²) in [5.74, 6) is 4.01. The van der Waals surface area contributed by atoms with Gasteiger partial charge in [-0.05, 0) is 68.7 Å². The Balaban J connectivity index is 1.83. The summed E-state index contributed by atoms with van der Waals surface area (Å²) < 4.78 is 0. The van der Waals surface area contributed by atoms with Gasteiger partial charge in [-0.1, -0.05) is 33.6 Å². The minimum absolute atomic E-state index is 0.830. The lowest BCUT2D eigenvalue weighted by Crippen LogP contribution is -2.38. The maximum atomic E-state index is 3.76. The molecule has 106 valence electrons. The maximum absolute atomic E-state index is 3.76. The van der Waals surface area contributed by atoms with Crippen LogP contribution >= 0.6 is 0 Å². The van der Waals surface area contributed by atoms with E-state index in [1.807, 2.05) is 0 Å². The summed E-state index contributed by atoms with van der Waals surface area (Å²) in [7, 11) is 0. The van der Waals surface area contributed by atoms with E-state index in [9.17, 15) is 0 Å². The van der Waals surface area contributed by atoms with E-state index >= 15 is 0 Å². The van der Waals surface area contributed by atoms with Crippen LogP contribution in [0.15, 0.2) is 0 Å². The molecule has 0 bridgehead atoms. The molecule has 0 saturated heterocycles. The Morgan fingerprint density at radius 2 is 1.61 bits per heavy atom. The summed E-state index contributed by atoms with van der Waals surface area (Å²) in [5, 5.41) is 3.76. The largest absolute Gasteiger partial charge is 0.314 e. The molecule has 4 unspecified atom stereocenters. The molecule has 0 radical (unpaired) electrons. The molecule has 0 aliphatic heterocycles. The van der Waals surface area contributed by atoms with Crippen LogP contribution in [0.1, 0.15) is 72.1 Å². The Labute approximate surface area is 114 Å². The third-order valence-corrected chi connectivity index (χ3v) is 5.28. The van der Waals surface area contributed by atoms with Crippen molar-refractivity contribution in [2.75, 3.05) is 6.54 Å². The molecule has 2 saturated carbocycles. The van der Waals surface area contributed by atoms with Crippen molar-refractivity contribution in [1.82, 2.24) is 5.32 Å². The van der Waals surface area contributed by atoms with Crippen molar-refractivity contribution in [1.29, 1.82) is 0 Å². The average Bonchev–Trinajstić information content (AvgIpc) is 2.35. The van der Waals surface area contributed by atoms with E-state index in [4.69, 9.17) is 0 Å².